The fraction of sp³-hybridized carbons (Fsp3) is 0.318. The second kappa shape index (κ2) is 8.37. The van der Waals surface area contributed by atoms with Crippen LogP contribution in [0, 0.1) is 0 Å². The van der Waals surface area contributed by atoms with Gasteiger partial charge in [-0.2, -0.15) is 0 Å². The zero-order chi connectivity index (χ0) is 21.2. The minimum atomic E-state index is -0.283. The molecule has 4 atom stereocenters. The van der Waals surface area contributed by atoms with Gasteiger partial charge in [0.2, 0.25) is 5.95 Å². The molecule has 9 nitrogen and oxygen atoms in total. The van der Waals surface area contributed by atoms with E-state index in [0.717, 1.165) is 17.0 Å². The van der Waals surface area contributed by atoms with Gasteiger partial charge < -0.3 is 29.3 Å². The molecule has 31 heavy (non-hydrogen) atoms. The van der Waals surface area contributed by atoms with Gasteiger partial charge in [0.1, 0.15) is 18.0 Å². The highest BCUT2D eigenvalue weighted by atomic mass is 16.6. The van der Waals surface area contributed by atoms with Gasteiger partial charge in [0, 0.05) is 11.8 Å². The quantitative estimate of drug-likeness (QED) is 0.622. The molecule has 2 saturated heterocycles. The molecule has 2 aliphatic heterocycles. The van der Waals surface area contributed by atoms with Gasteiger partial charge in [0.25, 0.3) is 5.91 Å². The van der Waals surface area contributed by atoms with Crippen molar-refractivity contribution in [1.82, 2.24) is 15.3 Å². The van der Waals surface area contributed by atoms with Crippen LogP contribution in [0.15, 0.2) is 59.3 Å². The van der Waals surface area contributed by atoms with Gasteiger partial charge in [-0.1, -0.05) is 0 Å². The Morgan fingerprint density at radius 2 is 1.84 bits per heavy atom. The molecule has 2 aromatic heterocycles. The molecule has 2 fully saturated rings. The zero-order valence-corrected chi connectivity index (χ0v) is 16.9. The molecule has 0 spiro atoms. The molecule has 4 heterocycles. The van der Waals surface area contributed by atoms with Crippen molar-refractivity contribution in [3.05, 3.63) is 60.7 Å². The molecule has 5 rings (SSSR count). The smallest absolute Gasteiger partial charge is 0.287 e. The number of nitrogens with zero attached hydrogens (tertiary/aromatic N) is 2. The van der Waals surface area contributed by atoms with Crippen molar-refractivity contribution >= 4 is 11.9 Å². The average molecular weight is 422 g/mol. The summed E-state index contributed by atoms with van der Waals surface area (Å²) in [6, 6.07) is 12.5. The first-order valence-corrected chi connectivity index (χ1v) is 10.0. The van der Waals surface area contributed by atoms with Crippen molar-refractivity contribution in [3.8, 4) is 17.0 Å². The van der Waals surface area contributed by atoms with Crippen LogP contribution in [-0.2, 0) is 9.47 Å². The molecule has 2 aliphatic rings. The van der Waals surface area contributed by atoms with Gasteiger partial charge in [-0.25, -0.2) is 9.97 Å². The number of furan rings is 1. The molecule has 1 amide bonds. The highest BCUT2D eigenvalue weighted by Gasteiger charge is 2.48. The number of hydrogen-bond donors (Lipinski definition) is 2. The van der Waals surface area contributed by atoms with Crippen molar-refractivity contribution < 1.29 is 23.4 Å². The Morgan fingerprint density at radius 3 is 2.58 bits per heavy atom. The number of benzene rings is 1. The lowest BCUT2D eigenvalue weighted by atomic mass is 10.1. The summed E-state index contributed by atoms with van der Waals surface area (Å²) in [4.78, 5) is 21.2. The van der Waals surface area contributed by atoms with Crippen LogP contribution in [0.2, 0.25) is 0 Å². The molecule has 0 aliphatic carbocycles. The molecule has 0 bridgehead atoms. The lowest BCUT2D eigenvalue weighted by molar-refractivity contribution is 0.0646. The number of hydrogen-bond acceptors (Lipinski definition) is 8. The predicted molar refractivity (Wildman–Crippen MR) is 111 cm³/mol. The third kappa shape index (κ3) is 3.97. The van der Waals surface area contributed by atoms with Crippen molar-refractivity contribution in [2.45, 2.75) is 24.3 Å². The monoisotopic (exact) mass is 422 g/mol. The molecule has 0 unspecified atom stereocenters. The van der Waals surface area contributed by atoms with Gasteiger partial charge in [-0.05, 0) is 42.5 Å². The maximum absolute atomic E-state index is 12.3. The second-order valence-corrected chi connectivity index (χ2v) is 7.40. The summed E-state index contributed by atoms with van der Waals surface area (Å²) in [5.41, 5.74) is 1.76. The van der Waals surface area contributed by atoms with Crippen LogP contribution in [0.5, 0.6) is 5.75 Å². The highest BCUT2D eigenvalue weighted by Crippen LogP contribution is 2.29. The Balaban J connectivity index is 1.24. The fourth-order valence-corrected chi connectivity index (χ4v) is 3.91. The summed E-state index contributed by atoms with van der Waals surface area (Å²) < 4.78 is 22.2. The number of carbonyl (C=O) groups is 1. The maximum atomic E-state index is 12.3. The van der Waals surface area contributed by atoms with E-state index in [1.807, 2.05) is 30.3 Å². The molecule has 0 saturated carbocycles. The predicted octanol–water partition coefficient (Wildman–Crippen LogP) is 2.12. The van der Waals surface area contributed by atoms with Crippen LogP contribution < -0.4 is 15.4 Å². The summed E-state index contributed by atoms with van der Waals surface area (Å²) in [7, 11) is 1.64. The number of fused-ring (bicyclic) bond motifs is 1. The first kappa shape index (κ1) is 19.5. The number of anilines is 1. The summed E-state index contributed by atoms with van der Waals surface area (Å²) in [6.45, 7) is 0.797. The van der Waals surface area contributed by atoms with E-state index in [1.165, 1.54) is 6.26 Å². The number of methoxy groups -OCH3 is 1. The molecule has 2 N–H and O–H groups in total. The van der Waals surface area contributed by atoms with Crippen molar-refractivity contribution in [2.24, 2.45) is 0 Å². The Hall–Kier alpha value is -3.43. The lowest BCUT2D eigenvalue weighted by Gasteiger charge is -2.18. The van der Waals surface area contributed by atoms with Gasteiger partial charge in [0.15, 0.2) is 5.76 Å². The standard InChI is InChI=1S/C22H22N4O5/c1-28-14-6-4-13(5-7-14)15-8-9-23-22(25-15)26-17-12-31-19-16(11-30-20(17)19)24-21(27)18-3-2-10-29-18/h2-10,16-17,19-20H,11-12H2,1H3,(H,24,27)(H,23,25,26)/t16-,17-,19+,20+/m0/s1. The number of ether oxygens (including phenoxy) is 3. The van der Waals surface area contributed by atoms with E-state index < -0.39 is 0 Å². The zero-order valence-electron chi connectivity index (χ0n) is 16.9. The highest BCUT2D eigenvalue weighted by molar-refractivity contribution is 5.91. The Kier molecular flexibility index (Phi) is 5.27. The van der Waals surface area contributed by atoms with E-state index in [9.17, 15) is 4.79 Å². The summed E-state index contributed by atoms with van der Waals surface area (Å²) >= 11 is 0. The van der Waals surface area contributed by atoms with E-state index in [2.05, 4.69) is 20.6 Å². The topological polar surface area (TPSA) is 108 Å². The molecular weight excluding hydrogens is 400 g/mol. The number of carbonyl (C=O) groups excluding carboxylic acids is 1. The van der Waals surface area contributed by atoms with Gasteiger partial charge in [-0.3, -0.25) is 4.79 Å². The second-order valence-electron chi connectivity index (χ2n) is 7.40. The molecule has 9 heteroatoms. The number of amides is 1. The number of rotatable bonds is 6. The van der Waals surface area contributed by atoms with Crippen molar-refractivity contribution in [2.75, 3.05) is 25.6 Å². The first-order valence-electron chi connectivity index (χ1n) is 10.0. The lowest BCUT2D eigenvalue weighted by Crippen LogP contribution is -2.44. The van der Waals surface area contributed by atoms with E-state index >= 15 is 0 Å². The number of nitrogens with one attached hydrogen (secondary N) is 2. The van der Waals surface area contributed by atoms with Crippen LogP contribution in [0.1, 0.15) is 10.6 Å². The van der Waals surface area contributed by atoms with E-state index in [0.29, 0.717) is 19.2 Å². The van der Waals surface area contributed by atoms with Crippen molar-refractivity contribution in [3.63, 3.8) is 0 Å². The summed E-state index contributed by atoms with van der Waals surface area (Å²) in [5.74, 6) is 1.27. The summed E-state index contributed by atoms with van der Waals surface area (Å²) in [5, 5.41) is 6.24. The van der Waals surface area contributed by atoms with E-state index in [1.54, 1.807) is 25.4 Å². The van der Waals surface area contributed by atoms with Crippen LogP contribution in [0.25, 0.3) is 11.3 Å². The average Bonchev–Trinajstić information content (AvgIpc) is 3.55. The Morgan fingerprint density at radius 1 is 1.06 bits per heavy atom. The normalized spacial score (nSPS) is 24.5. The van der Waals surface area contributed by atoms with Crippen LogP contribution >= 0.6 is 0 Å². The van der Waals surface area contributed by atoms with Gasteiger partial charge >= 0.3 is 0 Å². The molecule has 0 radical (unpaired) electrons. The molecule has 3 aromatic rings. The van der Waals surface area contributed by atoms with E-state index in [4.69, 9.17) is 18.6 Å². The maximum Gasteiger partial charge on any atom is 0.287 e. The fourth-order valence-electron chi connectivity index (χ4n) is 3.91. The minimum absolute atomic E-state index is 0.123. The van der Waals surface area contributed by atoms with Crippen LogP contribution in [0.3, 0.4) is 0 Å². The first-order chi connectivity index (χ1) is 15.2. The van der Waals surface area contributed by atoms with Crippen LogP contribution in [0.4, 0.5) is 5.95 Å². The largest absolute Gasteiger partial charge is 0.497 e. The number of aromatic nitrogens is 2. The Labute approximate surface area is 178 Å². The Bertz CT molecular complexity index is 1040. The van der Waals surface area contributed by atoms with Crippen molar-refractivity contribution in [1.29, 1.82) is 0 Å². The van der Waals surface area contributed by atoms with Gasteiger partial charge in [-0.15, -0.1) is 0 Å². The molecule has 160 valence electrons. The van der Waals surface area contributed by atoms with Crippen LogP contribution in [-0.4, -0.2) is 60.5 Å². The third-order valence-corrected chi connectivity index (χ3v) is 5.47. The SMILES string of the molecule is COc1ccc(-c2ccnc(N[C@H]3CO[C@H]4[C@@H]3OC[C@@H]4NC(=O)c3ccco3)n2)cc1. The molecular formula is C22H22N4O5. The molecule has 1 aromatic carbocycles. The van der Waals surface area contributed by atoms with Gasteiger partial charge in [0.05, 0.1) is 44.4 Å². The minimum Gasteiger partial charge on any atom is -0.497 e. The summed E-state index contributed by atoms with van der Waals surface area (Å²) in [6.07, 6.45) is 2.72. The third-order valence-electron chi connectivity index (χ3n) is 5.47. The van der Waals surface area contributed by atoms with E-state index in [-0.39, 0.29) is 36.0 Å².